The van der Waals surface area contributed by atoms with Crippen LogP contribution in [0.2, 0.25) is 0 Å². The molecule has 0 aromatic carbocycles. The third kappa shape index (κ3) is 2.28. The molecule has 1 amide bonds. The van der Waals surface area contributed by atoms with Crippen LogP contribution in [-0.2, 0) is 19.1 Å². The lowest BCUT2D eigenvalue weighted by Gasteiger charge is -2.39. The highest BCUT2D eigenvalue weighted by Crippen LogP contribution is 2.55. The predicted octanol–water partition coefficient (Wildman–Crippen LogP) is -0.625. The molecule has 2 saturated heterocycles. The highest BCUT2D eigenvalue weighted by molar-refractivity contribution is 6.25. The van der Waals surface area contributed by atoms with E-state index in [2.05, 4.69) is 5.32 Å². The highest BCUT2D eigenvalue weighted by Gasteiger charge is 2.72. The quantitative estimate of drug-likeness (QED) is 0.425. The van der Waals surface area contributed by atoms with Crippen molar-refractivity contribution in [2.45, 2.75) is 38.1 Å². The smallest absolute Gasteiger partial charge is 0.404 e. The number of rotatable bonds is 5. The zero-order valence-corrected chi connectivity index (χ0v) is 15.6. The number of Topliss-reactive ketones (excluding diaryl/α,β-unsaturated/α-hetero) is 2. The van der Waals surface area contributed by atoms with Gasteiger partial charge in [0.25, 0.3) is 0 Å². The van der Waals surface area contributed by atoms with E-state index in [4.69, 9.17) is 20.9 Å². The number of fused-ring (bicyclic) bond motifs is 4. The van der Waals surface area contributed by atoms with Crippen molar-refractivity contribution in [3.63, 3.8) is 0 Å². The number of carbonyl (C=O) groups is 3. The molecular weight excluding hydrogens is 352 g/mol. The van der Waals surface area contributed by atoms with Gasteiger partial charge in [0.2, 0.25) is 11.6 Å². The number of methoxy groups -OCH3 is 1. The van der Waals surface area contributed by atoms with E-state index in [1.165, 1.54) is 7.11 Å². The van der Waals surface area contributed by atoms with E-state index in [0.29, 0.717) is 24.2 Å². The van der Waals surface area contributed by atoms with Crippen molar-refractivity contribution in [1.82, 2.24) is 10.2 Å². The highest BCUT2D eigenvalue weighted by atomic mass is 16.6. The summed E-state index contributed by atoms with van der Waals surface area (Å²) in [6.45, 7) is 4.32. The van der Waals surface area contributed by atoms with E-state index in [9.17, 15) is 14.4 Å². The van der Waals surface area contributed by atoms with Crippen LogP contribution in [0.15, 0.2) is 22.5 Å². The Morgan fingerprint density at radius 2 is 2.07 bits per heavy atom. The van der Waals surface area contributed by atoms with Gasteiger partial charge in [-0.15, -0.1) is 0 Å². The third-order valence-corrected chi connectivity index (χ3v) is 5.94. The van der Waals surface area contributed by atoms with E-state index in [1.54, 1.807) is 0 Å². The number of amides is 1. The minimum atomic E-state index is -0.969. The third-order valence-electron chi connectivity index (χ3n) is 5.94. The molecule has 2 fully saturated rings. The molecule has 9 heteroatoms. The standard InChI is InChI=1S/C18H24N4O5/c1-7(2)4-8-12(19)15(24)11-9(6-27-17(20)25)18(26-3)16-10(21-16)5-22(18)13(11)14(8)23/h7,9-10,16,21H,4-6,19H2,1-3H3,(H2,20,25)/t9-,10+,16+,18-/m1/s1. The molecule has 3 aliphatic heterocycles. The van der Waals surface area contributed by atoms with Crippen LogP contribution in [0, 0.1) is 11.8 Å². The molecule has 27 heavy (non-hydrogen) atoms. The molecule has 0 radical (unpaired) electrons. The lowest BCUT2D eigenvalue weighted by Crippen LogP contribution is -2.55. The summed E-state index contributed by atoms with van der Waals surface area (Å²) in [5, 5.41) is 3.31. The maximum atomic E-state index is 13.3. The van der Waals surface area contributed by atoms with E-state index < -0.39 is 17.7 Å². The number of nitrogens with one attached hydrogen (secondary N) is 1. The maximum absolute atomic E-state index is 13.3. The summed E-state index contributed by atoms with van der Waals surface area (Å²) < 4.78 is 10.9. The molecule has 0 bridgehead atoms. The fourth-order valence-corrected chi connectivity index (χ4v) is 4.85. The summed E-state index contributed by atoms with van der Waals surface area (Å²) in [6.07, 6.45) is -0.520. The number of primary amides is 1. The number of ether oxygens (including phenoxy) is 2. The van der Waals surface area contributed by atoms with Gasteiger partial charge in [-0.25, -0.2) is 4.79 Å². The van der Waals surface area contributed by atoms with Crippen LogP contribution in [0.1, 0.15) is 20.3 Å². The molecular formula is C18H24N4O5. The molecule has 0 aromatic heterocycles. The second-order valence-electron chi connectivity index (χ2n) is 7.91. The van der Waals surface area contributed by atoms with Crippen LogP contribution in [0.4, 0.5) is 4.79 Å². The molecule has 4 rings (SSSR count). The van der Waals surface area contributed by atoms with Crippen LogP contribution in [0.3, 0.4) is 0 Å². The van der Waals surface area contributed by atoms with Gasteiger partial charge in [-0.1, -0.05) is 13.8 Å². The van der Waals surface area contributed by atoms with Crippen molar-refractivity contribution in [1.29, 1.82) is 0 Å². The van der Waals surface area contributed by atoms with Crippen molar-refractivity contribution in [2.24, 2.45) is 23.3 Å². The number of allylic oxidation sites excluding steroid dienone is 2. The van der Waals surface area contributed by atoms with Gasteiger partial charge < -0.3 is 31.2 Å². The average Bonchev–Trinajstić information content (AvgIpc) is 3.21. The SMILES string of the molecule is CO[C@@]12[C@H](COC(N)=O)C3=C(C(=O)C(CC(C)C)=C(N)C3=O)N1C[C@@H]1N[C@@H]12. The van der Waals surface area contributed by atoms with Gasteiger partial charge >= 0.3 is 6.09 Å². The normalized spacial score (nSPS) is 34.2. The van der Waals surface area contributed by atoms with Crippen LogP contribution in [0.25, 0.3) is 0 Å². The molecule has 0 spiro atoms. The lowest BCUT2D eigenvalue weighted by atomic mass is 9.81. The summed E-state index contributed by atoms with van der Waals surface area (Å²) in [4.78, 5) is 39.5. The van der Waals surface area contributed by atoms with Gasteiger partial charge in [0.1, 0.15) is 6.61 Å². The van der Waals surface area contributed by atoms with Gasteiger partial charge in [0.05, 0.1) is 23.4 Å². The molecule has 9 nitrogen and oxygen atoms in total. The van der Waals surface area contributed by atoms with Crippen molar-refractivity contribution >= 4 is 17.7 Å². The van der Waals surface area contributed by atoms with Crippen LogP contribution >= 0.6 is 0 Å². The van der Waals surface area contributed by atoms with Gasteiger partial charge in [-0.2, -0.15) is 0 Å². The molecule has 4 aliphatic rings. The fourth-order valence-electron chi connectivity index (χ4n) is 4.85. The first-order chi connectivity index (χ1) is 12.7. The fraction of sp³-hybridized carbons (Fsp3) is 0.611. The monoisotopic (exact) mass is 376 g/mol. The average molecular weight is 376 g/mol. The number of carbonyl (C=O) groups excluding carboxylic acids is 3. The van der Waals surface area contributed by atoms with E-state index >= 15 is 0 Å². The maximum Gasteiger partial charge on any atom is 0.404 e. The Balaban J connectivity index is 1.81. The number of ketones is 2. The largest absolute Gasteiger partial charge is 0.449 e. The second kappa shape index (κ2) is 5.80. The van der Waals surface area contributed by atoms with Gasteiger partial charge in [-0.05, 0) is 12.3 Å². The zero-order chi connectivity index (χ0) is 19.7. The zero-order valence-electron chi connectivity index (χ0n) is 15.6. The molecule has 0 saturated carbocycles. The first kappa shape index (κ1) is 18.0. The Labute approximate surface area is 156 Å². The van der Waals surface area contributed by atoms with Crippen molar-refractivity contribution < 1.29 is 23.9 Å². The van der Waals surface area contributed by atoms with Gasteiger partial charge in [0.15, 0.2) is 5.72 Å². The molecule has 0 unspecified atom stereocenters. The number of hydrogen-bond donors (Lipinski definition) is 3. The minimum Gasteiger partial charge on any atom is -0.449 e. The van der Waals surface area contributed by atoms with Crippen LogP contribution < -0.4 is 16.8 Å². The number of nitrogens with zero attached hydrogens (tertiary/aromatic N) is 1. The predicted molar refractivity (Wildman–Crippen MR) is 93.9 cm³/mol. The topological polar surface area (TPSA) is 147 Å². The Morgan fingerprint density at radius 1 is 1.37 bits per heavy atom. The van der Waals surface area contributed by atoms with Gasteiger partial charge in [-0.3, -0.25) is 9.59 Å². The van der Waals surface area contributed by atoms with Crippen molar-refractivity contribution in [2.75, 3.05) is 20.3 Å². The summed E-state index contributed by atoms with van der Waals surface area (Å²) in [6, 6.07) is 0.0970. The van der Waals surface area contributed by atoms with Crippen LogP contribution in [0.5, 0.6) is 0 Å². The lowest BCUT2D eigenvalue weighted by molar-refractivity contribution is -0.137. The molecule has 5 N–H and O–H groups in total. The minimum absolute atomic E-state index is 0.0238. The number of nitrogens with two attached hydrogens (primary N) is 2. The van der Waals surface area contributed by atoms with Crippen molar-refractivity contribution in [3.8, 4) is 0 Å². The van der Waals surface area contributed by atoms with Crippen LogP contribution in [-0.4, -0.2) is 60.6 Å². The summed E-state index contributed by atoms with van der Waals surface area (Å²) >= 11 is 0. The first-order valence-electron chi connectivity index (χ1n) is 9.07. The van der Waals surface area contributed by atoms with Gasteiger partial charge in [0, 0.05) is 30.8 Å². The Bertz CT molecular complexity index is 817. The number of piperazine rings is 1. The second-order valence-corrected chi connectivity index (χ2v) is 7.91. The summed E-state index contributed by atoms with van der Waals surface area (Å²) in [5.74, 6) is -1.10. The summed E-state index contributed by atoms with van der Waals surface area (Å²) in [7, 11) is 1.53. The van der Waals surface area contributed by atoms with Crippen molar-refractivity contribution in [3.05, 3.63) is 22.5 Å². The molecule has 1 aliphatic carbocycles. The molecule has 4 atom stereocenters. The molecule has 146 valence electrons. The molecule has 3 heterocycles. The van der Waals surface area contributed by atoms with E-state index in [-0.39, 0.29) is 47.4 Å². The first-order valence-corrected chi connectivity index (χ1v) is 9.07. The Kier molecular flexibility index (Phi) is 3.87. The summed E-state index contributed by atoms with van der Waals surface area (Å²) in [5.41, 5.74) is 11.2. The van der Waals surface area contributed by atoms with E-state index in [0.717, 1.165) is 0 Å². The Hall–Kier alpha value is -2.39. The van der Waals surface area contributed by atoms with E-state index in [1.807, 2.05) is 18.7 Å². The molecule has 0 aromatic rings. The Morgan fingerprint density at radius 3 is 2.67 bits per heavy atom. The number of hydrogen-bond acceptors (Lipinski definition) is 8.